The molecule has 2 heterocycles. The Kier molecular flexibility index (Phi) is 2.22. The number of pyridine rings is 1. The number of hydrogen-bond acceptors (Lipinski definition) is 3. The molecule has 0 aliphatic heterocycles. The number of imidazole rings is 1. The van der Waals surface area contributed by atoms with Gasteiger partial charge in [-0.1, -0.05) is 0 Å². The second kappa shape index (κ2) is 3.72. The molecule has 16 heavy (non-hydrogen) atoms. The summed E-state index contributed by atoms with van der Waals surface area (Å²) in [7, 11) is 0. The predicted molar refractivity (Wildman–Crippen MR) is 61.7 cm³/mol. The molecule has 1 aliphatic rings. The normalized spacial score (nSPS) is 24.1. The predicted octanol–water partition coefficient (Wildman–Crippen LogP) is 1.61. The van der Waals surface area contributed by atoms with Crippen molar-refractivity contribution in [2.45, 2.75) is 24.9 Å². The lowest BCUT2D eigenvalue weighted by molar-refractivity contribution is 0.268. The van der Waals surface area contributed by atoms with Crippen LogP contribution in [0.5, 0.6) is 0 Å². The van der Waals surface area contributed by atoms with Gasteiger partial charge in [0.1, 0.15) is 0 Å². The van der Waals surface area contributed by atoms with Gasteiger partial charge in [-0.05, 0) is 25.0 Å². The quantitative estimate of drug-likeness (QED) is 0.826. The highest BCUT2D eigenvalue weighted by molar-refractivity contribution is 5.58. The van der Waals surface area contributed by atoms with E-state index in [0.717, 1.165) is 24.1 Å². The van der Waals surface area contributed by atoms with E-state index < -0.39 is 0 Å². The maximum Gasteiger partial charge on any atom is 0.0953 e. The van der Waals surface area contributed by atoms with E-state index in [0.29, 0.717) is 12.1 Å². The van der Waals surface area contributed by atoms with Crippen molar-refractivity contribution in [3.05, 3.63) is 37.1 Å². The maximum absolute atomic E-state index is 5.82. The summed E-state index contributed by atoms with van der Waals surface area (Å²) in [6.07, 6.45) is 9.51. The van der Waals surface area contributed by atoms with E-state index in [4.69, 9.17) is 5.73 Å². The molecule has 1 aliphatic carbocycles. The fourth-order valence-electron chi connectivity index (χ4n) is 2.20. The first kappa shape index (κ1) is 9.54. The SMILES string of the molecule is NC1CC(n2cncc2-c2ccncc2)C1. The minimum atomic E-state index is 0.359. The van der Waals surface area contributed by atoms with Crippen molar-refractivity contribution in [3.63, 3.8) is 0 Å². The van der Waals surface area contributed by atoms with Gasteiger partial charge in [0.05, 0.1) is 18.2 Å². The van der Waals surface area contributed by atoms with Gasteiger partial charge in [-0.2, -0.15) is 0 Å². The van der Waals surface area contributed by atoms with Gasteiger partial charge < -0.3 is 10.3 Å². The Labute approximate surface area is 94.1 Å². The number of aromatic nitrogens is 3. The molecule has 0 atom stereocenters. The van der Waals surface area contributed by atoms with E-state index in [1.807, 2.05) is 24.7 Å². The minimum Gasteiger partial charge on any atom is -0.328 e. The highest BCUT2D eigenvalue weighted by atomic mass is 15.1. The number of nitrogens with zero attached hydrogens (tertiary/aromatic N) is 3. The summed E-state index contributed by atoms with van der Waals surface area (Å²) in [6, 6.07) is 4.89. The second-order valence-corrected chi connectivity index (χ2v) is 4.31. The lowest BCUT2D eigenvalue weighted by Crippen LogP contribution is -2.37. The van der Waals surface area contributed by atoms with Gasteiger partial charge in [-0.25, -0.2) is 4.98 Å². The molecule has 2 N–H and O–H groups in total. The Morgan fingerprint density at radius 1 is 1.19 bits per heavy atom. The van der Waals surface area contributed by atoms with E-state index in [1.165, 1.54) is 0 Å². The Morgan fingerprint density at radius 2 is 1.94 bits per heavy atom. The van der Waals surface area contributed by atoms with E-state index in [-0.39, 0.29) is 0 Å². The van der Waals surface area contributed by atoms with Crippen molar-refractivity contribution in [2.24, 2.45) is 5.73 Å². The molecule has 0 spiro atoms. The summed E-state index contributed by atoms with van der Waals surface area (Å²) in [5, 5.41) is 0. The summed E-state index contributed by atoms with van der Waals surface area (Å²) in [6.45, 7) is 0. The molecule has 1 fully saturated rings. The molecule has 0 aromatic carbocycles. The molecule has 1 saturated carbocycles. The van der Waals surface area contributed by atoms with Gasteiger partial charge in [0, 0.05) is 30.0 Å². The van der Waals surface area contributed by atoms with Crippen molar-refractivity contribution >= 4 is 0 Å². The Morgan fingerprint density at radius 3 is 2.62 bits per heavy atom. The Hall–Kier alpha value is -1.68. The van der Waals surface area contributed by atoms with Crippen LogP contribution in [0.4, 0.5) is 0 Å². The zero-order chi connectivity index (χ0) is 11.0. The van der Waals surface area contributed by atoms with E-state index in [1.54, 1.807) is 12.4 Å². The van der Waals surface area contributed by atoms with Crippen LogP contribution in [0.15, 0.2) is 37.1 Å². The van der Waals surface area contributed by atoms with Crippen LogP contribution in [0.3, 0.4) is 0 Å². The molecule has 3 rings (SSSR count). The second-order valence-electron chi connectivity index (χ2n) is 4.31. The summed E-state index contributed by atoms with van der Waals surface area (Å²) in [4.78, 5) is 8.25. The molecule has 0 unspecified atom stereocenters. The van der Waals surface area contributed by atoms with Crippen LogP contribution < -0.4 is 5.73 Å². The zero-order valence-corrected chi connectivity index (χ0v) is 8.95. The first-order chi connectivity index (χ1) is 7.84. The first-order valence-corrected chi connectivity index (χ1v) is 5.52. The van der Waals surface area contributed by atoms with Crippen LogP contribution in [-0.2, 0) is 0 Å². The molecule has 0 saturated heterocycles. The summed E-state index contributed by atoms with van der Waals surface area (Å²) >= 11 is 0. The van der Waals surface area contributed by atoms with Crippen molar-refractivity contribution < 1.29 is 0 Å². The number of rotatable bonds is 2. The van der Waals surface area contributed by atoms with Crippen LogP contribution in [0.2, 0.25) is 0 Å². The monoisotopic (exact) mass is 214 g/mol. The number of nitrogens with two attached hydrogens (primary N) is 1. The molecule has 4 heteroatoms. The third kappa shape index (κ3) is 1.51. The van der Waals surface area contributed by atoms with E-state index in [9.17, 15) is 0 Å². The Bertz CT molecular complexity index is 471. The van der Waals surface area contributed by atoms with Crippen molar-refractivity contribution in [3.8, 4) is 11.3 Å². The molecule has 2 aromatic rings. The highest BCUT2D eigenvalue weighted by Gasteiger charge is 2.28. The summed E-state index contributed by atoms with van der Waals surface area (Å²) in [5.74, 6) is 0. The van der Waals surface area contributed by atoms with Crippen molar-refractivity contribution in [2.75, 3.05) is 0 Å². The lowest BCUT2D eigenvalue weighted by atomic mass is 9.87. The average Bonchev–Trinajstić information content (AvgIpc) is 2.74. The van der Waals surface area contributed by atoms with Crippen molar-refractivity contribution in [1.82, 2.24) is 14.5 Å². The fraction of sp³-hybridized carbons (Fsp3) is 0.333. The highest BCUT2D eigenvalue weighted by Crippen LogP contribution is 2.34. The third-order valence-electron chi connectivity index (χ3n) is 3.19. The third-order valence-corrected chi connectivity index (χ3v) is 3.19. The number of hydrogen-bond donors (Lipinski definition) is 1. The largest absolute Gasteiger partial charge is 0.328 e. The van der Waals surface area contributed by atoms with Crippen LogP contribution in [0, 0.1) is 0 Å². The van der Waals surface area contributed by atoms with Crippen molar-refractivity contribution in [1.29, 1.82) is 0 Å². The smallest absolute Gasteiger partial charge is 0.0953 e. The first-order valence-electron chi connectivity index (χ1n) is 5.52. The molecule has 0 radical (unpaired) electrons. The lowest BCUT2D eigenvalue weighted by Gasteiger charge is -2.34. The molecule has 0 bridgehead atoms. The van der Waals surface area contributed by atoms with Gasteiger partial charge in [0.2, 0.25) is 0 Å². The topological polar surface area (TPSA) is 56.7 Å². The Balaban J connectivity index is 1.94. The zero-order valence-electron chi connectivity index (χ0n) is 8.95. The maximum atomic E-state index is 5.82. The molecule has 82 valence electrons. The summed E-state index contributed by atoms with van der Waals surface area (Å²) in [5.41, 5.74) is 8.13. The van der Waals surface area contributed by atoms with Crippen LogP contribution >= 0.6 is 0 Å². The molecule has 4 nitrogen and oxygen atoms in total. The van der Waals surface area contributed by atoms with Gasteiger partial charge in [0.25, 0.3) is 0 Å². The van der Waals surface area contributed by atoms with E-state index >= 15 is 0 Å². The van der Waals surface area contributed by atoms with Gasteiger partial charge in [-0.3, -0.25) is 4.98 Å². The van der Waals surface area contributed by atoms with Crippen LogP contribution in [0.25, 0.3) is 11.3 Å². The standard InChI is InChI=1S/C12H14N4/c13-10-5-11(6-10)16-8-15-7-12(16)9-1-3-14-4-2-9/h1-4,7-8,10-11H,5-6,13H2. The molecular formula is C12H14N4. The van der Waals surface area contributed by atoms with Crippen LogP contribution in [0.1, 0.15) is 18.9 Å². The molecule has 2 aromatic heterocycles. The van der Waals surface area contributed by atoms with Crippen LogP contribution in [-0.4, -0.2) is 20.6 Å². The minimum absolute atomic E-state index is 0.359. The van der Waals surface area contributed by atoms with Gasteiger partial charge in [0.15, 0.2) is 0 Å². The van der Waals surface area contributed by atoms with E-state index in [2.05, 4.69) is 14.5 Å². The molecule has 0 amide bonds. The molecular weight excluding hydrogens is 200 g/mol. The van der Waals surface area contributed by atoms with Gasteiger partial charge in [-0.15, -0.1) is 0 Å². The van der Waals surface area contributed by atoms with Gasteiger partial charge >= 0.3 is 0 Å². The summed E-state index contributed by atoms with van der Waals surface area (Å²) < 4.78 is 2.22. The average molecular weight is 214 g/mol. The fourth-order valence-corrected chi connectivity index (χ4v) is 2.20.